The van der Waals surface area contributed by atoms with Gasteiger partial charge in [-0.15, -0.1) is 0 Å². The Balaban J connectivity index is 2.44. The lowest BCUT2D eigenvalue weighted by Gasteiger charge is -2.19. The molecule has 0 spiro atoms. The molecule has 0 amide bonds. The highest BCUT2D eigenvalue weighted by Crippen LogP contribution is 2.04. The van der Waals surface area contributed by atoms with Crippen LogP contribution in [-0.4, -0.2) is 39.3 Å². The molecule has 6 nitrogen and oxygen atoms in total. The summed E-state index contributed by atoms with van der Waals surface area (Å²) in [6, 6.07) is 0. The molecule has 1 heterocycles. The Labute approximate surface area is 95.3 Å². The molecule has 0 aliphatic heterocycles. The van der Waals surface area contributed by atoms with Crippen molar-refractivity contribution in [3.63, 3.8) is 0 Å². The Morgan fingerprint density at radius 1 is 1.75 bits per heavy atom. The first-order chi connectivity index (χ1) is 7.52. The lowest BCUT2D eigenvalue weighted by Crippen LogP contribution is -2.32. The number of oxime groups is 1. The molecule has 90 valence electrons. The minimum absolute atomic E-state index is 0.0340. The van der Waals surface area contributed by atoms with Crippen molar-refractivity contribution in [2.24, 2.45) is 23.9 Å². The summed E-state index contributed by atoms with van der Waals surface area (Å²) in [5.74, 6) is 0.296. The Kier molecular flexibility index (Phi) is 4.30. The van der Waals surface area contributed by atoms with E-state index in [1.54, 1.807) is 4.68 Å². The maximum Gasteiger partial charge on any atom is 0.143 e. The minimum atomic E-state index is 0.0340. The Morgan fingerprint density at radius 3 is 2.94 bits per heavy atom. The average molecular weight is 225 g/mol. The van der Waals surface area contributed by atoms with Gasteiger partial charge < -0.3 is 15.8 Å². The number of aromatic nitrogens is 2. The largest absolute Gasteiger partial charge is 0.409 e. The molecule has 6 heteroatoms. The van der Waals surface area contributed by atoms with Crippen LogP contribution in [-0.2, 0) is 13.6 Å². The molecule has 0 aliphatic rings. The molecule has 1 unspecified atom stereocenters. The van der Waals surface area contributed by atoms with Crippen LogP contribution in [0.2, 0.25) is 0 Å². The molecule has 0 aliphatic carbocycles. The number of hydrogen-bond acceptors (Lipinski definition) is 4. The van der Waals surface area contributed by atoms with E-state index in [0.717, 1.165) is 18.7 Å². The van der Waals surface area contributed by atoms with Crippen molar-refractivity contribution in [3.8, 4) is 0 Å². The van der Waals surface area contributed by atoms with Crippen molar-refractivity contribution in [2.75, 3.05) is 13.6 Å². The van der Waals surface area contributed by atoms with Gasteiger partial charge in [0.25, 0.3) is 0 Å². The quantitative estimate of drug-likeness (QED) is 0.325. The predicted octanol–water partition coefficient (Wildman–Crippen LogP) is 0.234. The summed E-state index contributed by atoms with van der Waals surface area (Å²) in [7, 11) is 3.89. The standard InChI is InChI=1S/C10H19N5O/c1-8(10(11)13-16)5-14(2)6-9-4-12-15(3)7-9/h4,7-8,16H,5-6H2,1-3H3,(H2,11,13). The van der Waals surface area contributed by atoms with E-state index in [1.165, 1.54) is 0 Å². The van der Waals surface area contributed by atoms with Gasteiger partial charge in [0.15, 0.2) is 0 Å². The van der Waals surface area contributed by atoms with Gasteiger partial charge in [0.1, 0.15) is 5.84 Å². The molecule has 1 rings (SSSR count). The summed E-state index contributed by atoms with van der Waals surface area (Å²) in [5.41, 5.74) is 6.67. The molecular weight excluding hydrogens is 206 g/mol. The summed E-state index contributed by atoms with van der Waals surface area (Å²) >= 11 is 0. The van der Waals surface area contributed by atoms with Gasteiger partial charge in [-0.05, 0) is 7.05 Å². The second-order valence-electron chi connectivity index (χ2n) is 4.14. The van der Waals surface area contributed by atoms with Crippen LogP contribution in [0.25, 0.3) is 0 Å². The molecule has 0 aromatic carbocycles. The highest BCUT2D eigenvalue weighted by Gasteiger charge is 2.11. The molecular formula is C10H19N5O. The predicted molar refractivity (Wildman–Crippen MR) is 62.1 cm³/mol. The molecule has 0 saturated heterocycles. The smallest absolute Gasteiger partial charge is 0.143 e. The third-order valence-corrected chi connectivity index (χ3v) is 2.42. The fraction of sp³-hybridized carbons (Fsp3) is 0.600. The van der Waals surface area contributed by atoms with Gasteiger partial charge in [0, 0.05) is 37.8 Å². The average Bonchev–Trinajstić information content (AvgIpc) is 2.62. The summed E-state index contributed by atoms with van der Waals surface area (Å²) in [4.78, 5) is 2.11. The fourth-order valence-electron chi connectivity index (χ4n) is 1.59. The molecule has 0 radical (unpaired) electrons. The van der Waals surface area contributed by atoms with Gasteiger partial charge in [-0.3, -0.25) is 4.68 Å². The zero-order valence-electron chi connectivity index (χ0n) is 9.96. The first-order valence-electron chi connectivity index (χ1n) is 5.16. The Morgan fingerprint density at radius 2 is 2.44 bits per heavy atom. The number of amidine groups is 1. The van der Waals surface area contributed by atoms with Crippen molar-refractivity contribution >= 4 is 5.84 Å². The fourth-order valence-corrected chi connectivity index (χ4v) is 1.59. The van der Waals surface area contributed by atoms with Crippen molar-refractivity contribution < 1.29 is 5.21 Å². The van der Waals surface area contributed by atoms with Crippen LogP contribution in [0.3, 0.4) is 0 Å². The zero-order valence-corrected chi connectivity index (χ0v) is 9.96. The van der Waals surface area contributed by atoms with E-state index in [9.17, 15) is 0 Å². The van der Waals surface area contributed by atoms with Crippen molar-refractivity contribution in [3.05, 3.63) is 18.0 Å². The summed E-state index contributed by atoms with van der Waals surface area (Å²) in [5, 5.41) is 15.6. The van der Waals surface area contributed by atoms with Crippen LogP contribution in [0, 0.1) is 5.92 Å². The topological polar surface area (TPSA) is 79.7 Å². The van der Waals surface area contributed by atoms with Gasteiger partial charge in [-0.25, -0.2) is 0 Å². The maximum atomic E-state index is 8.54. The Bertz CT molecular complexity index is 360. The van der Waals surface area contributed by atoms with E-state index >= 15 is 0 Å². The molecule has 0 fully saturated rings. The first-order valence-corrected chi connectivity index (χ1v) is 5.16. The Hall–Kier alpha value is -1.56. The van der Waals surface area contributed by atoms with E-state index in [0.29, 0.717) is 0 Å². The molecule has 16 heavy (non-hydrogen) atoms. The second-order valence-corrected chi connectivity index (χ2v) is 4.14. The van der Waals surface area contributed by atoms with E-state index in [-0.39, 0.29) is 11.8 Å². The summed E-state index contributed by atoms with van der Waals surface area (Å²) in [6.07, 6.45) is 3.81. The third kappa shape index (κ3) is 3.54. The lowest BCUT2D eigenvalue weighted by atomic mass is 10.1. The van der Waals surface area contributed by atoms with Gasteiger partial charge in [0.05, 0.1) is 6.20 Å². The SMILES string of the molecule is CC(CN(C)Cc1cnn(C)c1)C(N)=NO. The van der Waals surface area contributed by atoms with Gasteiger partial charge in [-0.1, -0.05) is 12.1 Å². The molecule has 3 N–H and O–H groups in total. The van der Waals surface area contributed by atoms with Gasteiger partial charge >= 0.3 is 0 Å². The van der Waals surface area contributed by atoms with Gasteiger partial charge in [0.2, 0.25) is 0 Å². The molecule has 0 bridgehead atoms. The van der Waals surface area contributed by atoms with Crippen LogP contribution >= 0.6 is 0 Å². The number of nitrogens with two attached hydrogens (primary N) is 1. The number of aryl methyl sites for hydroxylation is 1. The first kappa shape index (κ1) is 12.5. The molecule has 1 aromatic rings. The zero-order chi connectivity index (χ0) is 12.1. The normalized spacial score (nSPS) is 14.4. The monoisotopic (exact) mass is 225 g/mol. The maximum absolute atomic E-state index is 8.54. The van der Waals surface area contributed by atoms with Crippen LogP contribution in [0.15, 0.2) is 17.5 Å². The number of hydrogen-bond donors (Lipinski definition) is 2. The van der Waals surface area contributed by atoms with Crippen molar-refractivity contribution in [1.82, 2.24) is 14.7 Å². The van der Waals surface area contributed by atoms with Crippen LogP contribution in [0.4, 0.5) is 0 Å². The second kappa shape index (κ2) is 5.50. The van der Waals surface area contributed by atoms with Crippen LogP contribution in [0.5, 0.6) is 0 Å². The lowest BCUT2D eigenvalue weighted by molar-refractivity contribution is 0.290. The third-order valence-electron chi connectivity index (χ3n) is 2.42. The molecule has 0 saturated carbocycles. The van der Waals surface area contributed by atoms with Crippen molar-refractivity contribution in [1.29, 1.82) is 0 Å². The summed E-state index contributed by atoms with van der Waals surface area (Å²) < 4.78 is 1.77. The van der Waals surface area contributed by atoms with Crippen molar-refractivity contribution in [2.45, 2.75) is 13.5 Å². The molecule has 1 atom stereocenters. The van der Waals surface area contributed by atoms with E-state index in [4.69, 9.17) is 10.9 Å². The van der Waals surface area contributed by atoms with E-state index in [1.807, 2.05) is 33.4 Å². The van der Waals surface area contributed by atoms with E-state index in [2.05, 4.69) is 15.2 Å². The van der Waals surface area contributed by atoms with Crippen LogP contribution in [0.1, 0.15) is 12.5 Å². The van der Waals surface area contributed by atoms with Gasteiger partial charge in [-0.2, -0.15) is 5.10 Å². The van der Waals surface area contributed by atoms with Crippen LogP contribution < -0.4 is 5.73 Å². The highest BCUT2D eigenvalue weighted by molar-refractivity contribution is 5.82. The van der Waals surface area contributed by atoms with E-state index < -0.39 is 0 Å². The number of nitrogens with zero attached hydrogens (tertiary/aromatic N) is 4. The summed E-state index contributed by atoms with van der Waals surface area (Å²) in [6.45, 7) is 3.47. The molecule has 1 aromatic heterocycles. The minimum Gasteiger partial charge on any atom is -0.409 e. The number of rotatable bonds is 5. The highest BCUT2D eigenvalue weighted by atomic mass is 16.4.